The van der Waals surface area contributed by atoms with Crippen LogP contribution in [0.15, 0.2) is 24.3 Å². The molecule has 1 aromatic rings. The van der Waals surface area contributed by atoms with E-state index in [2.05, 4.69) is 24.3 Å². The van der Waals surface area contributed by atoms with E-state index < -0.39 is 0 Å². The lowest BCUT2D eigenvalue weighted by atomic mass is 9.87. The third-order valence-corrected chi connectivity index (χ3v) is 4.31. The summed E-state index contributed by atoms with van der Waals surface area (Å²) in [6.45, 7) is 0. The fourth-order valence-electron chi connectivity index (χ4n) is 3.04. The van der Waals surface area contributed by atoms with Crippen molar-refractivity contribution in [2.24, 2.45) is 11.7 Å². The van der Waals surface area contributed by atoms with E-state index in [1.165, 1.54) is 11.1 Å². The van der Waals surface area contributed by atoms with Crippen LogP contribution in [0.25, 0.3) is 0 Å². The molecular weight excluding hydrogens is 224 g/mol. The lowest BCUT2D eigenvalue weighted by molar-refractivity contribution is -0.133. The molecule has 3 rings (SSSR count). The molecule has 0 radical (unpaired) electrons. The molecule has 2 aliphatic rings. The SMILES string of the molecule is CN(C(=O)C1CC1N)C1CCCc2ccccc21. The van der Waals surface area contributed by atoms with Crippen LogP contribution in [-0.2, 0) is 11.2 Å². The van der Waals surface area contributed by atoms with Gasteiger partial charge in [0.25, 0.3) is 0 Å². The maximum Gasteiger partial charge on any atom is 0.227 e. The zero-order valence-corrected chi connectivity index (χ0v) is 10.8. The van der Waals surface area contributed by atoms with Gasteiger partial charge in [0.15, 0.2) is 0 Å². The Labute approximate surface area is 108 Å². The second-order valence-electron chi connectivity index (χ2n) is 5.56. The van der Waals surface area contributed by atoms with E-state index in [4.69, 9.17) is 5.73 Å². The second kappa shape index (κ2) is 4.39. The number of amides is 1. The van der Waals surface area contributed by atoms with Crippen LogP contribution in [-0.4, -0.2) is 23.9 Å². The largest absolute Gasteiger partial charge is 0.338 e. The smallest absolute Gasteiger partial charge is 0.227 e. The topological polar surface area (TPSA) is 46.3 Å². The summed E-state index contributed by atoms with van der Waals surface area (Å²) in [5.74, 6) is 0.299. The Kier molecular flexibility index (Phi) is 2.86. The molecule has 3 unspecified atom stereocenters. The highest BCUT2D eigenvalue weighted by atomic mass is 16.2. The van der Waals surface area contributed by atoms with Gasteiger partial charge in [0.1, 0.15) is 0 Å². The fourth-order valence-corrected chi connectivity index (χ4v) is 3.04. The van der Waals surface area contributed by atoms with Crippen LogP contribution in [0.4, 0.5) is 0 Å². The lowest BCUT2D eigenvalue weighted by Crippen LogP contribution is -2.35. The van der Waals surface area contributed by atoms with Crippen molar-refractivity contribution in [1.29, 1.82) is 0 Å². The summed E-state index contributed by atoms with van der Waals surface area (Å²) in [6.07, 6.45) is 4.23. The molecule has 18 heavy (non-hydrogen) atoms. The molecule has 1 fully saturated rings. The van der Waals surface area contributed by atoms with Crippen LogP contribution in [0.2, 0.25) is 0 Å². The first kappa shape index (κ1) is 11.7. The summed E-state index contributed by atoms with van der Waals surface area (Å²) < 4.78 is 0. The van der Waals surface area contributed by atoms with Crippen molar-refractivity contribution in [1.82, 2.24) is 4.90 Å². The molecule has 2 aliphatic carbocycles. The third-order valence-electron chi connectivity index (χ3n) is 4.31. The number of nitrogens with zero attached hydrogens (tertiary/aromatic N) is 1. The van der Waals surface area contributed by atoms with Gasteiger partial charge in [-0.15, -0.1) is 0 Å². The van der Waals surface area contributed by atoms with E-state index in [1.54, 1.807) is 0 Å². The average Bonchev–Trinajstić information content (AvgIpc) is 3.13. The van der Waals surface area contributed by atoms with Gasteiger partial charge in [0, 0.05) is 13.1 Å². The molecule has 1 aromatic carbocycles. The van der Waals surface area contributed by atoms with Gasteiger partial charge in [0.2, 0.25) is 5.91 Å². The molecule has 0 aromatic heterocycles. The molecular formula is C15H20N2O. The van der Waals surface area contributed by atoms with Crippen LogP contribution >= 0.6 is 0 Å². The standard InChI is InChI=1S/C15H20N2O/c1-17(15(18)12-9-13(12)16)14-8-4-6-10-5-2-3-7-11(10)14/h2-3,5,7,12-14H,4,6,8-9,16H2,1H3. The van der Waals surface area contributed by atoms with Crippen molar-refractivity contribution in [3.05, 3.63) is 35.4 Å². The van der Waals surface area contributed by atoms with Gasteiger partial charge in [-0.05, 0) is 36.8 Å². The molecule has 0 heterocycles. The van der Waals surface area contributed by atoms with Crippen LogP contribution in [0.3, 0.4) is 0 Å². The van der Waals surface area contributed by atoms with Gasteiger partial charge >= 0.3 is 0 Å². The van der Waals surface area contributed by atoms with E-state index in [9.17, 15) is 4.79 Å². The molecule has 0 saturated heterocycles. The molecule has 96 valence electrons. The van der Waals surface area contributed by atoms with E-state index in [0.29, 0.717) is 0 Å². The van der Waals surface area contributed by atoms with Gasteiger partial charge in [-0.3, -0.25) is 4.79 Å². The van der Waals surface area contributed by atoms with Crippen molar-refractivity contribution in [3.63, 3.8) is 0 Å². The molecule has 3 nitrogen and oxygen atoms in total. The Bertz CT molecular complexity index is 471. The van der Waals surface area contributed by atoms with Crippen molar-refractivity contribution in [2.75, 3.05) is 7.05 Å². The number of nitrogens with two attached hydrogens (primary N) is 1. The Morgan fingerprint density at radius 2 is 2.11 bits per heavy atom. The van der Waals surface area contributed by atoms with Crippen molar-refractivity contribution < 1.29 is 4.79 Å². The fraction of sp³-hybridized carbons (Fsp3) is 0.533. The Balaban J connectivity index is 1.83. The van der Waals surface area contributed by atoms with Gasteiger partial charge in [0.05, 0.1) is 12.0 Å². The highest BCUT2D eigenvalue weighted by Gasteiger charge is 2.43. The first-order chi connectivity index (χ1) is 8.68. The first-order valence-corrected chi connectivity index (χ1v) is 6.78. The number of carbonyl (C=O) groups is 1. The van der Waals surface area contributed by atoms with Gasteiger partial charge < -0.3 is 10.6 Å². The molecule has 0 bridgehead atoms. The minimum absolute atomic E-state index is 0.0732. The van der Waals surface area contributed by atoms with Gasteiger partial charge in [-0.2, -0.15) is 0 Å². The van der Waals surface area contributed by atoms with Crippen LogP contribution in [0.5, 0.6) is 0 Å². The summed E-state index contributed by atoms with van der Waals surface area (Å²) in [5.41, 5.74) is 8.51. The number of fused-ring (bicyclic) bond motifs is 1. The van der Waals surface area contributed by atoms with Gasteiger partial charge in [-0.25, -0.2) is 0 Å². The van der Waals surface area contributed by atoms with E-state index in [0.717, 1.165) is 25.7 Å². The molecule has 1 saturated carbocycles. The lowest BCUT2D eigenvalue weighted by Gasteiger charge is -2.33. The van der Waals surface area contributed by atoms with Crippen molar-refractivity contribution in [2.45, 2.75) is 37.8 Å². The normalized spacial score (nSPS) is 29.6. The number of hydrogen-bond acceptors (Lipinski definition) is 2. The van der Waals surface area contributed by atoms with Gasteiger partial charge in [-0.1, -0.05) is 24.3 Å². The summed E-state index contributed by atoms with van der Waals surface area (Å²) in [7, 11) is 1.93. The molecule has 3 atom stereocenters. The second-order valence-corrected chi connectivity index (χ2v) is 5.56. The highest BCUT2D eigenvalue weighted by Crippen LogP contribution is 2.37. The summed E-state index contributed by atoms with van der Waals surface area (Å²) in [5, 5.41) is 0. The summed E-state index contributed by atoms with van der Waals surface area (Å²) in [6, 6.07) is 8.84. The molecule has 0 aliphatic heterocycles. The number of hydrogen-bond donors (Lipinski definition) is 1. The average molecular weight is 244 g/mol. The van der Waals surface area contributed by atoms with Crippen molar-refractivity contribution >= 4 is 5.91 Å². The Morgan fingerprint density at radius 1 is 1.39 bits per heavy atom. The Morgan fingerprint density at radius 3 is 2.83 bits per heavy atom. The minimum Gasteiger partial charge on any atom is -0.338 e. The van der Waals surface area contributed by atoms with Crippen LogP contribution in [0, 0.1) is 5.92 Å². The number of rotatable bonds is 2. The summed E-state index contributed by atoms with van der Waals surface area (Å²) in [4.78, 5) is 14.2. The predicted octanol–water partition coefficient (Wildman–Crippen LogP) is 1.87. The quantitative estimate of drug-likeness (QED) is 0.863. The number of benzene rings is 1. The molecule has 3 heteroatoms. The van der Waals surface area contributed by atoms with Crippen LogP contribution in [0.1, 0.15) is 36.4 Å². The van der Waals surface area contributed by atoms with E-state index >= 15 is 0 Å². The number of aryl methyl sites for hydroxylation is 1. The molecule has 1 amide bonds. The van der Waals surface area contributed by atoms with Crippen molar-refractivity contribution in [3.8, 4) is 0 Å². The Hall–Kier alpha value is -1.35. The zero-order valence-electron chi connectivity index (χ0n) is 10.8. The maximum atomic E-state index is 12.3. The monoisotopic (exact) mass is 244 g/mol. The third kappa shape index (κ3) is 1.93. The number of carbonyl (C=O) groups excluding carboxylic acids is 1. The minimum atomic E-state index is 0.0732. The first-order valence-electron chi connectivity index (χ1n) is 6.78. The maximum absolute atomic E-state index is 12.3. The molecule has 2 N–H and O–H groups in total. The molecule has 0 spiro atoms. The zero-order chi connectivity index (χ0) is 12.7. The predicted molar refractivity (Wildman–Crippen MR) is 71.0 cm³/mol. The summed E-state index contributed by atoms with van der Waals surface area (Å²) >= 11 is 0. The highest BCUT2D eigenvalue weighted by molar-refractivity contribution is 5.82. The van der Waals surface area contributed by atoms with Crippen LogP contribution < -0.4 is 5.73 Å². The van der Waals surface area contributed by atoms with E-state index in [1.807, 2.05) is 11.9 Å². The van der Waals surface area contributed by atoms with E-state index in [-0.39, 0.29) is 23.9 Å².